The fourth-order valence-corrected chi connectivity index (χ4v) is 2.08. The molecule has 7 heteroatoms. The van der Waals surface area contributed by atoms with Gasteiger partial charge in [-0.25, -0.2) is 18.7 Å². The lowest BCUT2D eigenvalue weighted by molar-refractivity contribution is -0.301. The van der Waals surface area contributed by atoms with Crippen molar-refractivity contribution in [1.82, 2.24) is 9.97 Å². The quantitative estimate of drug-likeness (QED) is 0.623. The Kier molecular flexibility index (Phi) is 4.62. The number of hydrogen-bond donors (Lipinski definition) is 0. The number of aliphatic carboxylic acids is 1. The first-order valence-electron chi connectivity index (χ1n) is 5.61. The topological polar surface area (TPSA) is 65.9 Å². The number of halogens is 2. The van der Waals surface area contributed by atoms with Gasteiger partial charge in [-0.1, -0.05) is 42.1 Å². The third kappa shape index (κ3) is 3.74. The monoisotopic (exact) mass is 295 g/mol. The van der Waals surface area contributed by atoms with Crippen molar-refractivity contribution in [2.45, 2.75) is 11.6 Å². The summed E-state index contributed by atoms with van der Waals surface area (Å²) in [4.78, 5) is 18.1. The van der Waals surface area contributed by atoms with Crippen LogP contribution in [0.15, 0.2) is 41.6 Å². The van der Waals surface area contributed by atoms with Crippen LogP contribution >= 0.6 is 11.8 Å². The zero-order chi connectivity index (χ0) is 14.5. The number of carbonyl (C=O) groups is 1. The second-order valence-corrected chi connectivity index (χ2v) is 4.73. The number of carboxylic acids is 1. The minimum Gasteiger partial charge on any atom is -0.549 e. The van der Waals surface area contributed by atoms with Crippen molar-refractivity contribution in [3.05, 3.63) is 42.1 Å². The summed E-state index contributed by atoms with van der Waals surface area (Å²) in [6.07, 6.45) is -2.75. The molecule has 2 aromatic rings. The van der Waals surface area contributed by atoms with Crippen molar-refractivity contribution in [3.8, 4) is 11.3 Å². The van der Waals surface area contributed by atoms with E-state index in [0.29, 0.717) is 11.3 Å². The van der Waals surface area contributed by atoms with E-state index in [9.17, 15) is 18.7 Å². The van der Waals surface area contributed by atoms with Crippen LogP contribution in [0.1, 0.15) is 12.1 Å². The third-order valence-corrected chi connectivity index (χ3v) is 3.16. The molecular formula is C13H9F2N2O2S-. The summed E-state index contributed by atoms with van der Waals surface area (Å²) in [6, 6.07) is 9.96. The van der Waals surface area contributed by atoms with Crippen molar-refractivity contribution < 1.29 is 18.7 Å². The molecule has 2 rings (SSSR count). The van der Waals surface area contributed by atoms with Crippen molar-refractivity contribution >= 4 is 17.7 Å². The Balaban J connectivity index is 2.38. The largest absolute Gasteiger partial charge is 0.549 e. The maximum Gasteiger partial charge on any atom is 0.280 e. The number of aromatic nitrogens is 2. The van der Waals surface area contributed by atoms with Gasteiger partial charge in [-0.05, 0) is 6.07 Å². The van der Waals surface area contributed by atoms with E-state index >= 15 is 0 Å². The molecule has 104 valence electrons. The van der Waals surface area contributed by atoms with Crippen LogP contribution in [0, 0.1) is 0 Å². The maximum absolute atomic E-state index is 12.8. The van der Waals surface area contributed by atoms with E-state index in [1.807, 2.05) is 0 Å². The average Bonchev–Trinajstić information content (AvgIpc) is 2.45. The molecule has 1 aromatic heterocycles. The maximum atomic E-state index is 12.8. The number of nitrogens with zero attached hydrogens (tertiary/aromatic N) is 2. The van der Waals surface area contributed by atoms with Crippen LogP contribution in [0.5, 0.6) is 0 Å². The van der Waals surface area contributed by atoms with E-state index in [0.717, 1.165) is 11.8 Å². The summed E-state index contributed by atoms with van der Waals surface area (Å²) >= 11 is 0.751. The normalized spacial score (nSPS) is 10.8. The molecule has 0 radical (unpaired) electrons. The van der Waals surface area contributed by atoms with Crippen molar-refractivity contribution in [3.63, 3.8) is 0 Å². The number of benzene rings is 1. The Morgan fingerprint density at radius 1 is 1.25 bits per heavy atom. The number of hydrogen-bond acceptors (Lipinski definition) is 5. The van der Waals surface area contributed by atoms with Gasteiger partial charge in [0.2, 0.25) is 0 Å². The SMILES string of the molecule is O=C([O-])CSc1nc(-c2ccccc2)cc(C(F)F)n1. The zero-order valence-corrected chi connectivity index (χ0v) is 10.9. The van der Waals surface area contributed by atoms with Gasteiger partial charge in [-0.15, -0.1) is 0 Å². The summed E-state index contributed by atoms with van der Waals surface area (Å²) in [7, 11) is 0. The lowest BCUT2D eigenvalue weighted by Gasteiger charge is -2.08. The van der Waals surface area contributed by atoms with Gasteiger partial charge in [0.15, 0.2) is 5.16 Å². The highest BCUT2D eigenvalue weighted by Crippen LogP contribution is 2.26. The molecule has 0 atom stereocenters. The smallest absolute Gasteiger partial charge is 0.280 e. The lowest BCUT2D eigenvalue weighted by Crippen LogP contribution is -2.24. The van der Waals surface area contributed by atoms with E-state index in [4.69, 9.17) is 0 Å². The number of carboxylic acid groups (broad SMARTS) is 1. The first-order valence-corrected chi connectivity index (χ1v) is 6.60. The van der Waals surface area contributed by atoms with Crippen LogP contribution in [0.4, 0.5) is 8.78 Å². The van der Waals surface area contributed by atoms with Gasteiger partial charge in [-0.3, -0.25) is 0 Å². The van der Waals surface area contributed by atoms with E-state index in [-0.39, 0.29) is 10.9 Å². The van der Waals surface area contributed by atoms with E-state index in [1.54, 1.807) is 30.3 Å². The van der Waals surface area contributed by atoms with Gasteiger partial charge in [0, 0.05) is 11.3 Å². The van der Waals surface area contributed by atoms with Crippen molar-refractivity contribution in [1.29, 1.82) is 0 Å². The molecule has 0 aliphatic rings. The van der Waals surface area contributed by atoms with E-state index in [2.05, 4.69) is 9.97 Å². The second kappa shape index (κ2) is 6.42. The first-order chi connectivity index (χ1) is 9.56. The standard InChI is InChI=1S/C13H10F2N2O2S/c14-12(15)10-6-9(8-4-2-1-3-5-8)16-13(17-10)20-7-11(18)19/h1-6,12H,7H2,(H,18,19)/p-1. The molecule has 1 heterocycles. The predicted octanol–water partition coefficient (Wildman–Crippen LogP) is 1.92. The fourth-order valence-electron chi connectivity index (χ4n) is 1.50. The molecule has 0 saturated heterocycles. The molecule has 0 amide bonds. The highest BCUT2D eigenvalue weighted by molar-refractivity contribution is 7.99. The number of thioether (sulfide) groups is 1. The van der Waals surface area contributed by atoms with Gasteiger partial charge >= 0.3 is 0 Å². The van der Waals surface area contributed by atoms with E-state index in [1.165, 1.54) is 6.07 Å². The van der Waals surface area contributed by atoms with Crippen molar-refractivity contribution in [2.75, 3.05) is 5.75 Å². The molecule has 0 N–H and O–H groups in total. The Morgan fingerprint density at radius 3 is 2.55 bits per heavy atom. The Bertz CT molecular complexity index is 609. The molecule has 0 fully saturated rings. The van der Waals surface area contributed by atoms with Crippen LogP contribution in [-0.4, -0.2) is 21.7 Å². The predicted molar refractivity (Wildman–Crippen MR) is 68.2 cm³/mol. The Labute approximate surface area is 117 Å². The third-order valence-electron chi connectivity index (χ3n) is 2.34. The Hall–Kier alpha value is -2.02. The van der Waals surface area contributed by atoms with Crippen LogP contribution in [-0.2, 0) is 4.79 Å². The van der Waals surface area contributed by atoms with Gasteiger partial charge < -0.3 is 9.90 Å². The van der Waals surface area contributed by atoms with E-state index < -0.39 is 18.1 Å². The van der Waals surface area contributed by atoms with Crippen molar-refractivity contribution in [2.24, 2.45) is 0 Å². The molecule has 0 saturated carbocycles. The minimum absolute atomic E-state index is 0.00847. The molecule has 20 heavy (non-hydrogen) atoms. The van der Waals surface area contributed by atoms with Crippen LogP contribution in [0.2, 0.25) is 0 Å². The first kappa shape index (κ1) is 14.4. The zero-order valence-electron chi connectivity index (χ0n) is 10.1. The molecule has 4 nitrogen and oxygen atoms in total. The highest BCUT2D eigenvalue weighted by atomic mass is 32.2. The molecule has 0 unspecified atom stereocenters. The summed E-state index contributed by atoms with van der Waals surface area (Å²) in [6.45, 7) is 0. The molecule has 0 spiro atoms. The molecule has 0 bridgehead atoms. The van der Waals surface area contributed by atoms with Gasteiger partial charge in [-0.2, -0.15) is 0 Å². The molecule has 1 aromatic carbocycles. The molecule has 0 aliphatic heterocycles. The van der Waals surface area contributed by atoms with Crippen LogP contribution in [0.3, 0.4) is 0 Å². The van der Waals surface area contributed by atoms with Gasteiger partial charge in [0.25, 0.3) is 6.43 Å². The fraction of sp³-hybridized carbons (Fsp3) is 0.154. The summed E-state index contributed by atoms with van der Waals surface area (Å²) in [5.41, 5.74) is 0.559. The molecule has 0 aliphatic carbocycles. The Morgan fingerprint density at radius 2 is 1.95 bits per heavy atom. The lowest BCUT2D eigenvalue weighted by atomic mass is 10.1. The molecular weight excluding hydrogens is 286 g/mol. The summed E-state index contributed by atoms with van der Waals surface area (Å²) < 4.78 is 25.6. The van der Waals surface area contributed by atoms with Gasteiger partial charge in [0.05, 0.1) is 11.7 Å². The van der Waals surface area contributed by atoms with Gasteiger partial charge in [0.1, 0.15) is 5.69 Å². The summed E-state index contributed by atoms with van der Waals surface area (Å²) in [5, 5.41) is 10.4. The second-order valence-electron chi connectivity index (χ2n) is 3.79. The number of rotatable bonds is 5. The average molecular weight is 295 g/mol. The number of carbonyl (C=O) groups excluding carboxylic acids is 1. The van der Waals surface area contributed by atoms with Crippen LogP contribution in [0.25, 0.3) is 11.3 Å². The van der Waals surface area contributed by atoms with Crippen LogP contribution < -0.4 is 5.11 Å². The summed E-state index contributed by atoms with van der Waals surface area (Å²) in [5.74, 6) is -1.69. The minimum atomic E-state index is -2.75. The number of alkyl halides is 2. The highest BCUT2D eigenvalue weighted by Gasteiger charge is 2.14.